The predicted molar refractivity (Wildman–Crippen MR) is 105 cm³/mol. The van der Waals surface area contributed by atoms with Gasteiger partial charge in [0.1, 0.15) is 0 Å². The molecule has 1 saturated heterocycles. The zero-order chi connectivity index (χ0) is 20.5. The number of carbonyl (C=O) groups is 3. The van der Waals surface area contributed by atoms with Crippen LogP contribution < -0.4 is 5.32 Å². The average molecular weight is 398 g/mol. The lowest BCUT2D eigenvalue weighted by atomic mass is 9.89. The van der Waals surface area contributed by atoms with Gasteiger partial charge < -0.3 is 25.3 Å². The highest BCUT2D eigenvalue weighted by Gasteiger charge is 2.32. The molecule has 1 aliphatic heterocycles. The maximum atomic E-state index is 12.4. The number of hydrogen-bond donors (Lipinski definition) is 3. The van der Waals surface area contributed by atoms with Gasteiger partial charge in [-0.05, 0) is 43.9 Å². The van der Waals surface area contributed by atoms with E-state index in [0.717, 1.165) is 12.8 Å². The van der Waals surface area contributed by atoms with Crippen molar-refractivity contribution in [3.8, 4) is 0 Å². The minimum Gasteiger partial charge on any atom is -0.465 e. The molecular weight excluding hydrogens is 362 g/mol. The fraction of sp³-hybridized carbons (Fsp3) is 0.850. The first-order valence-electron chi connectivity index (χ1n) is 10.6. The van der Waals surface area contributed by atoms with Crippen molar-refractivity contribution >= 4 is 18.4 Å². The molecule has 2 atom stereocenters. The van der Waals surface area contributed by atoms with E-state index in [1.807, 2.05) is 6.92 Å². The molecule has 0 bridgehead atoms. The standard InChI is InChI=1S/C20H35N3O5/c1-2-17(18(25)19(26)21-12-15-6-4-3-5-7-15)23(14-24)13-16-8-10-22(11-9-16)20(27)28/h14-18,25H,2-13H2,1H3,(H,21,26)(H,27,28). The fourth-order valence-electron chi connectivity index (χ4n) is 4.42. The topological polar surface area (TPSA) is 110 Å². The molecule has 2 fully saturated rings. The van der Waals surface area contributed by atoms with E-state index in [1.54, 1.807) is 0 Å². The number of hydrogen-bond acceptors (Lipinski definition) is 4. The van der Waals surface area contributed by atoms with Gasteiger partial charge in [0.05, 0.1) is 6.04 Å². The van der Waals surface area contributed by atoms with Crippen LogP contribution in [0, 0.1) is 11.8 Å². The number of piperidine rings is 1. The number of aliphatic hydroxyl groups is 1. The number of carboxylic acid groups (broad SMARTS) is 1. The van der Waals surface area contributed by atoms with Gasteiger partial charge in [0.25, 0.3) is 5.91 Å². The molecule has 3 amide bonds. The van der Waals surface area contributed by atoms with Crippen LogP contribution in [-0.2, 0) is 9.59 Å². The summed E-state index contributed by atoms with van der Waals surface area (Å²) in [6.07, 6.45) is 6.24. The molecule has 3 N–H and O–H groups in total. The highest BCUT2D eigenvalue weighted by Crippen LogP contribution is 2.23. The van der Waals surface area contributed by atoms with Gasteiger partial charge in [0.2, 0.25) is 6.41 Å². The number of amides is 3. The van der Waals surface area contributed by atoms with Crippen molar-refractivity contribution in [2.75, 3.05) is 26.2 Å². The van der Waals surface area contributed by atoms with Gasteiger partial charge in [-0.1, -0.05) is 26.2 Å². The third-order valence-corrected chi connectivity index (χ3v) is 6.26. The van der Waals surface area contributed by atoms with Crippen LogP contribution in [0.3, 0.4) is 0 Å². The Bertz CT molecular complexity index is 516. The number of rotatable bonds is 9. The molecule has 0 aromatic rings. The van der Waals surface area contributed by atoms with Crippen molar-refractivity contribution in [3.05, 3.63) is 0 Å². The van der Waals surface area contributed by atoms with Crippen LogP contribution in [0.4, 0.5) is 4.79 Å². The monoisotopic (exact) mass is 397 g/mol. The molecule has 8 heteroatoms. The lowest BCUT2D eigenvalue weighted by Crippen LogP contribution is -2.52. The van der Waals surface area contributed by atoms with Crippen molar-refractivity contribution in [1.29, 1.82) is 0 Å². The second-order valence-electron chi connectivity index (χ2n) is 8.18. The van der Waals surface area contributed by atoms with E-state index in [2.05, 4.69) is 5.32 Å². The first kappa shape index (κ1) is 22.5. The van der Waals surface area contributed by atoms with Gasteiger partial charge >= 0.3 is 6.09 Å². The van der Waals surface area contributed by atoms with Gasteiger partial charge in [-0.3, -0.25) is 9.59 Å². The number of nitrogens with zero attached hydrogens (tertiary/aromatic N) is 2. The predicted octanol–water partition coefficient (Wildman–Crippen LogP) is 1.67. The third kappa shape index (κ3) is 6.36. The second-order valence-corrected chi connectivity index (χ2v) is 8.18. The van der Waals surface area contributed by atoms with E-state index < -0.39 is 24.1 Å². The fourth-order valence-corrected chi connectivity index (χ4v) is 4.42. The van der Waals surface area contributed by atoms with Gasteiger partial charge in [-0.15, -0.1) is 0 Å². The Labute approximate surface area is 167 Å². The Morgan fingerprint density at radius 3 is 2.32 bits per heavy atom. The largest absolute Gasteiger partial charge is 0.465 e. The van der Waals surface area contributed by atoms with Crippen LogP contribution in [0.25, 0.3) is 0 Å². The van der Waals surface area contributed by atoms with Crippen LogP contribution >= 0.6 is 0 Å². The molecule has 0 aromatic carbocycles. The lowest BCUT2D eigenvalue weighted by Gasteiger charge is -2.36. The van der Waals surface area contributed by atoms with Crippen molar-refractivity contribution in [3.63, 3.8) is 0 Å². The smallest absolute Gasteiger partial charge is 0.407 e. The van der Waals surface area contributed by atoms with Crippen molar-refractivity contribution in [2.24, 2.45) is 11.8 Å². The number of likely N-dealkylation sites (tertiary alicyclic amines) is 1. The van der Waals surface area contributed by atoms with E-state index in [0.29, 0.717) is 57.8 Å². The van der Waals surface area contributed by atoms with Crippen molar-refractivity contribution < 1.29 is 24.6 Å². The normalized spacial score (nSPS) is 21.0. The summed E-state index contributed by atoms with van der Waals surface area (Å²) in [5.74, 6) is 0.240. The first-order valence-corrected chi connectivity index (χ1v) is 10.6. The van der Waals surface area contributed by atoms with Crippen LogP contribution in [0.2, 0.25) is 0 Å². The highest BCUT2D eigenvalue weighted by atomic mass is 16.4. The molecule has 0 spiro atoms. The first-order chi connectivity index (χ1) is 13.5. The molecule has 2 unspecified atom stereocenters. The lowest BCUT2D eigenvalue weighted by molar-refractivity contribution is -0.136. The average Bonchev–Trinajstić information content (AvgIpc) is 2.72. The van der Waals surface area contributed by atoms with Crippen LogP contribution in [0.15, 0.2) is 0 Å². The number of carbonyl (C=O) groups excluding carboxylic acids is 2. The van der Waals surface area contributed by atoms with Crippen LogP contribution in [0.1, 0.15) is 58.3 Å². The molecule has 1 saturated carbocycles. The van der Waals surface area contributed by atoms with Gasteiger partial charge in [-0.25, -0.2) is 4.79 Å². The molecule has 2 rings (SSSR count). The summed E-state index contributed by atoms with van der Waals surface area (Å²) in [5.41, 5.74) is 0. The number of aliphatic hydroxyl groups excluding tert-OH is 1. The third-order valence-electron chi connectivity index (χ3n) is 6.26. The molecule has 8 nitrogen and oxygen atoms in total. The Morgan fingerprint density at radius 2 is 1.79 bits per heavy atom. The van der Waals surface area contributed by atoms with Gasteiger partial charge in [-0.2, -0.15) is 0 Å². The summed E-state index contributed by atoms with van der Waals surface area (Å²) in [6.45, 7) is 3.77. The zero-order valence-electron chi connectivity index (χ0n) is 16.9. The van der Waals surface area contributed by atoms with E-state index in [-0.39, 0.29) is 5.92 Å². The van der Waals surface area contributed by atoms with E-state index in [9.17, 15) is 19.5 Å². The summed E-state index contributed by atoms with van der Waals surface area (Å²) in [6, 6.07) is -0.568. The van der Waals surface area contributed by atoms with Crippen molar-refractivity contribution in [1.82, 2.24) is 15.1 Å². The molecular formula is C20H35N3O5. The van der Waals surface area contributed by atoms with E-state index >= 15 is 0 Å². The Kier molecular flexibility index (Phi) is 9.02. The number of nitrogens with one attached hydrogen (secondary N) is 1. The SMILES string of the molecule is CCC(C(O)C(=O)NCC1CCCCC1)N(C=O)CC1CCN(C(=O)O)CC1. The minimum absolute atomic E-state index is 0.173. The molecule has 160 valence electrons. The summed E-state index contributed by atoms with van der Waals surface area (Å²) in [5, 5.41) is 22.5. The van der Waals surface area contributed by atoms with Gasteiger partial charge in [0.15, 0.2) is 6.10 Å². The van der Waals surface area contributed by atoms with E-state index in [4.69, 9.17) is 5.11 Å². The maximum absolute atomic E-state index is 12.4. The Hall–Kier alpha value is -1.83. The van der Waals surface area contributed by atoms with Crippen LogP contribution in [0.5, 0.6) is 0 Å². The minimum atomic E-state index is -1.25. The van der Waals surface area contributed by atoms with Crippen molar-refractivity contribution in [2.45, 2.75) is 70.4 Å². The van der Waals surface area contributed by atoms with E-state index in [1.165, 1.54) is 29.1 Å². The Morgan fingerprint density at radius 1 is 1.14 bits per heavy atom. The molecule has 0 radical (unpaired) electrons. The highest BCUT2D eigenvalue weighted by molar-refractivity contribution is 5.81. The quantitative estimate of drug-likeness (QED) is 0.513. The summed E-state index contributed by atoms with van der Waals surface area (Å²) in [4.78, 5) is 38.0. The van der Waals surface area contributed by atoms with Gasteiger partial charge in [0, 0.05) is 26.2 Å². The second kappa shape index (κ2) is 11.2. The molecule has 1 heterocycles. The molecule has 0 aromatic heterocycles. The zero-order valence-corrected chi connectivity index (χ0v) is 16.9. The summed E-state index contributed by atoms with van der Waals surface area (Å²) in [7, 11) is 0. The summed E-state index contributed by atoms with van der Waals surface area (Å²) < 4.78 is 0. The molecule has 1 aliphatic carbocycles. The Balaban J connectivity index is 1.84. The molecule has 2 aliphatic rings. The maximum Gasteiger partial charge on any atom is 0.407 e. The molecule has 28 heavy (non-hydrogen) atoms. The summed E-state index contributed by atoms with van der Waals surface area (Å²) >= 11 is 0. The van der Waals surface area contributed by atoms with Crippen LogP contribution in [-0.4, -0.2) is 76.7 Å².